The number of amides is 4. The summed E-state index contributed by atoms with van der Waals surface area (Å²) >= 11 is 1.44. The van der Waals surface area contributed by atoms with Crippen LogP contribution < -0.4 is 10.2 Å². The van der Waals surface area contributed by atoms with Gasteiger partial charge in [0.25, 0.3) is 11.8 Å². The van der Waals surface area contributed by atoms with Gasteiger partial charge >= 0.3 is 12.0 Å². The Bertz CT molecular complexity index is 1470. The van der Waals surface area contributed by atoms with Crippen LogP contribution in [0.15, 0.2) is 35.9 Å². The molecular formula is C26H24FN3O5S. The molecule has 186 valence electrons. The van der Waals surface area contributed by atoms with E-state index in [0.717, 1.165) is 27.1 Å². The maximum absolute atomic E-state index is 13.7. The van der Waals surface area contributed by atoms with Crippen LogP contribution >= 0.6 is 11.3 Å². The first-order chi connectivity index (χ1) is 17.0. The lowest BCUT2D eigenvalue weighted by atomic mass is 10.1. The molecule has 1 aromatic carbocycles. The lowest BCUT2D eigenvalue weighted by Crippen LogP contribution is -2.54. The second kappa shape index (κ2) is 9.54. The fourth-order valence-corrected chi connectivity index (χ4v) is 5.37. The molecule has 1 saturated heterocycles. The van der Waals surface area contributed by atoms with Crippen LogP contribution in [0.1, 0.15) is 44.7 Å². The highest BCUT2D eigenvalue weighted by atomic mass is 32.1. The molecule has 2 aromatic heterocycles. The molecule has 0 atom stereocenters. The number of thiophene rings is 1. The van der Waals surface area contributed by atoms with Crippen LogP contribution in [0.3, 0.4) is 0 Å². The van der Waals surface area contributed by atoms with Crippen LogP contribution in [0.2, 0.25) is 0 Å². The van der Waals surface area contributed by atoms with Gasteiger partial charge in [0, 0.05) is 16.3 Å². The van der Waals surface area contributed by atoms with E-state index >= 15 is 0 Å². The Kier molecular flexibility index (Phi) is 6.64. The van der Waals surface area contributed by atoms with Gasteiger partial charge in [-0.1, -0.05) is 6.07 Å². The Morgan fingerprint density at radius 2 is 1.86 bits per heavy atom. The normalized spacial score (nSPS) is 15.0. The molecule has 0 spiro atoms. The number of nitrogens with one attached hydrogen (secondary N) is 1. The van der Waals surface area contributed by atoms with Gasteiger partial charge in [0.05, 0.1) is 17.9 Å². The average Bonchev–Trinajstić information content (AvgIpc) is 3.25. The van der Waals surface area contributed by atoms with E-state index in [1.807, 2.05) is 25.3 Å². The molecule has 4 amide bonds. The summed E-state index contributed by atoms with van der Waals surface area (Å²) in [5.74, 6) is -2.77. The first-order valence-electron chi connectivity index (χ1n) is 11.2. The number of aromatic nitrogens is 1. The monoisotopic (exact) mass is 509 g/mol. The van der Waals surface area contributed by atoms with Crippen molar-refractivity contribution in [3.05, 3.63) is 74.7 Å². The van der Waals surface area contributed by atoms with Crippen molar-refractivity contribution in [2.24, 2.45) is 0 Å². The molecule has 8 nitrogen and oxygen atoms in total. The number of esters is 1. The number of barbiturate groups is 1. The Labute approximate surface area is 211 Å². The zero-order valence-corrected chi connectivity index (χ0v) is 21.2. The van der Waals surface area contributed by atoms with Gasteiger partial charge in [-0.2, -0.15) is 0 Å². The SMILES string of the molecule is CCOC(=O)c1c(-n2c(C)cc(/C=C3\C(=O)NC(=O)N(c4cccc(F)c4)C3=O)c2C)sc(C)c1C. The molecule has 3 heterocycles. The lowest BCUT2D eigenvalue weighted by Gasteiger charge is -2.26. The van der Waals surface area contributed by atoms with Gasteiger partial charge in [0.2, 0.25) is 0 Å². The largest absolute Gasteiger partial charge is 0.462 e. The van der Waals surface area contributed by atoms with Crippen LogP contribution in [-0.4, -0.2) is 35.0 Å². The number of nitrogens with zero attached hydrogens (tertiary/aromatic N) is 2. The quantitative estimate of drug-likeness (QED) is 0.304. The molecule has 0 bridgehead atoms. The zero-order chi connectivity index (χ0) is 26.3. The van der Waals surface area contributed by atoms with Crippen LogP contribution in [0, 0.1) is 33.5 Å². The summed E-state index contributed by atoms with van der Waals surface area (Å²) in [4.78, 5) is 52.6. The molecule has 1 aliphatic heterocycles. The summed E-state index contributed by atoms with van der Waals surface area (Å²) in [7, 11) is 0. The van der Waals surface area contributed by atoms with Crippen molar-refractivity contribution < 1.29 is 28.3 Å². The minimum atomic E-state index is -0.957. The third-order valence-electron chi connectivity index (χ3n) is 5.99. The highest BCUT2D eigenvalue weighted by molar-refractivity contribution is 7.15. The number of benzene rings is 1. The third kappa shape index (κ3) is 4.24. The van der Waals surface area contributed by atoms with Crippen molar-refractivity contribution in [2.45, 2.75) is 34.6 Å². The first-order valence-corrected chi connectivity index (χ1v) is 12.0. The van der Waals surface area contributed by atoms with E-state index in [-0.39, 0.29) is 17.9 Å². The van der Waals surface area contributed by atoms with Gasteiger partial charge in [-0.25, -0.2) is 18.9 Å². The Morgan fingerprint density at radius 3 is 2.53 bits per heavy atom. The number of carbonyl (C=O) groups excluding carboxylic acids is 4. The summed E-state index contributed by atoms with van der Waals surface area (Å²) in [6.45, 7) is 9.42. The molecule has 1 aliphatic rings. The van der Waals surface area contributed by atoms with Crippen LogP contribution in [0.5, 0.6) is 0 Å². The average molecular weight is 510 g/mol. The van der Waals surface area contributed by atoms with Crippen molar-refractivity contribution >= 4 is 46.9 Å². The van der Waals surface area contributed by atoms with Crippen LogP contribution in [-0.2, 0) is 14.3 Å². The molecule has 10 heteroatoms. The molecule has 3 aromatic rings. The van der Waals surface area contributed by atoms with Gasteiger partial charge in [-0.05, 0) is 76.1 Å². The van der Waals surface area contributed by atoms with Gasteiger partial charge in [0.15, 0.2) is 0 Å². The van der Waals surface area contributed by atoms with Crippen molar-refractivity contribution in [3.8, 4) is 5.00 Å². The molecule has 0 radical (unpaired) electrons. The van der Waals surface area contributed by atoms with E-state index in [4.69, 9.17) is 4.74 Å². The number of hydrogen-bond acceptors (Lipinski definition) is 6. The highest BCUT2D eigenvalue weighted by Crippen LogP contribution is 2.35. The van der Waals surface area contributed by atoms with E-state index in [1.54, 1.807) is 19.9 Å². The second-order valence-electron chi connectivity index (χ2n) is 8.28. The molecule has 0 aliphatic carbocycles. The Morgan fingerprint density at radius 1 is 1.14 bits per heavy atom. The van der Waals surface area contributed by atoms with E-state index in [0.29, 0.717) is 21.8 Å². The minimum Gasteiger partial charge on any atom is -0.462 e. The molecule has 1 N–H and O–H groups in total. The van der Waals surface area contributed by atoms with Crippen molar-refractivity contribution in [2.75, 3.05) is 11.5 Å². The number of hydrogen-bond donors (Lipinski definition) is 1. The number of aryl methyl sites for hydroxylation is 2. The number of carbonyl (C=O) groups is 4. The summed E-state index contributed by atoms with van der Waals surface area (Å²) in [6, 6.07) is 5.82. The van der Waals surface area contributed by atoms with E-state index < -0.39 is 29.6 Å². The highest BCUT2D eigenvalue weighted by Gasteiger charge is 2.37. The predicted octanol–water partition coefficient (Wildman–Crippen LogP) is 4.75. The fourth-order valence-electron chi connectivity index (χ4n) is 4.12. The van der Waals surface area contributed by atoms with Crippen molar-refractivity contribution in [1.29, 1.82) is 0 Å². The summed E-state index contributed by atoms with van der Waals surface area (Å²) in [6.07, 6.45) is 1.40. The molecular weight excluding hydrogens is 485 g/mol. The maximum atomic E-state index is 13.7. The number of rotatable bonds is 5. The summed E-state index contributed by atoms with van der Waals surface area (Å²) in [5, 5.41) is 2.82. The van der Waals surface area contributed by atoms with Gasteiger partial charge in [-0.15, -0.1) is 11.3 Å². The van der Waals surface area contributed by atoms with E-state index in [9.17, 15) is 23.6 Å². The van der Waals surface area contributed by atoms with Crippen molar-refractivity contribution in [1.82, 2.24) is 9.88 Å². The molecule has 0 unspecified atom stereocenters. The smallest absolute Gasteiger partial charge is 0.341 e. The number of imide groups is 2. The summed E-state index contributed by atoms with van der Waals surface area (Å²) < 4.78 is 20.9. The fraction of sp³-hybridized carbons (Fsp3) is 0.231. The number of anilines is 1. The molecule has 1 fully saturated rings. The lowest BCUT2D eigenvalue weighted by molar-refractivity contribution is -0.122. The van der Waals surface area contributed by atoms with Crippen LogP contribution in [0.4, 0.5) is 14.9 Å². The van der Waals surface area contributed by atoms with E-state index in [2.05, 4.69) is 5.32 Å². The molecule has 36 heavy (non-hydrogen) atoms. The van der Waals surface area contributed by atoms with Gasteiger partial charge < -0.3 is 9.30 Å². The number of ether oxygens (including phenoxy) is 1. The topological polar surface area (TPSA) is 97.7 Å². The standard InChI is InChI=1S/C26H24FN3O5S/c1-6-35-25(33)21-14(3)16(5)36-24(21)29-13(2)10-17(15(29)4)11-20-22(31)28-26(34)30(23(20)32)19-9-7-8-18(27)12-19/h7-12H,6H2,1-5H3,(H,28,31,34)/b20-11+. The third-order valence-corrected chi connectivity index (χ3v) is 7.18. The Balaban J connectivity index is 1.80. The van der Waals surface area contributed by atoms with E-state index in [1.165, 1.54) is 35.6 Å². The summed E-state index contributed by atoms with van der Waals surface area (Å²) in [5.41, 5.74) is 3.03. The van der Waals surface area contributed by atoms with Gasteiger partial charge in [-0.3, -0.25) is 14.9 Å². The Hall–Kier alpha value is -4.05. The molecule has 0 saturated carbocycles. The van der Waals surface area contributed by atoms with Crippen LogP contribution in [0.25, 0.3) is 11.1 Å². The number of urea groups is 1. The first kappa shape index (κ1) is 25.1. The van der Waals surface area contributed by atoms with Crippen molar-refractivity contribution in [3.63, 3.8) is 0 Å². The number of halogens is 1. The molecule has 4 rings (SSSR count). The van der Waals surface area contributed by atoms with Gasteiger partial charge in [0.1, 0.15) is 16.4 Å². The second-order valence-corrected chi connectivity index (χ2v) is 9.49. The predicted molar refractivity (Wildman–Crippen MR) is 134 cm³/mol. The maximum Gasteiger partial charge on any atom is 0.341 e. The minimum absolute atomic E-state index is 0.00462. The zero-order valence-electron chi connectivity index (χ0n) is 20.4.